The van der Waals surface area contributed by atoms with Gasteiger partial charge in [-0.15, -0.1) is 0 Å². The first-order valence-electron chi connectivity index (χ1n) is 6.52. The van der Waals surface area contributed by atoms with Crippen LogP contribution in [0.5, 0.6) is 0 Å². The van der Waals surface area contributed by atoms with Crippen LogP contribution in [-0.2, 0) is 0 Å². The number of carbonyl (C=O) groups excluding carboxylic acids is 1. The summed E-state index contributed by atoms with van der Waals surface area (Å²) in [5.41, 5.74) is 0.636. The van der Waals surface area contributed by atoms with Gasteiger partial charge in [-0.1, -0.05) is 0 Å². The lowest BCUT2D eigenvalue weighted by atomic mass is 10.2. The largest absolute Gasteiger partial charge is 0.457 e. The van der Waals surface area contributed by atoms with Gasteiger partial charge in [-0.3, -0.25) is 9.69 Å². The second-order valence-electron chi connectivity index (χ2n) is 5.04. The maximum atomic E-state index is 12.3. The van der Waals surface area contributed by atoms with Crippen LogP contribution >= 0.6 is 15.9 Å². The van der Waals surface area contributed by atoms with E-state index in [2.05, 4.69) is 20.8 Å². The molecule has 4 nitrogen and oxygen atoms in total. The van der Waals surface area contributed by atoms with Gasteiger partial charge < -0.3 is 9.32 Å². The lowest BCUT2D eigenvalue weighted by molar-refractivity contribution is 0.0778. The van der Waals surface area contributed by atoms with E-state index in [0.717, 1.165) is 19.5 Å². The molecule has 18 heavy (non-hydrogen) atoms. The third kappa shape index (κ3) is 2.21. The fourth-order valence-corrected chi connectivity index (χ4v) is 3.36. The Kier molecular flexibility index (Phi) is 3.43. The van der Waals surface area contributed by atoms with Crippen molar-refractivity contribution in [3.63, 3.8) is 0 Å². The monoisotopic (exact) mass is 312 g/mol. The number of furan rings is 1. The van der Waals surface area contributed by atoms with Gasteiger partial charge in [0.15, 0.2) is 4.67 Å². The van der Waals surface area contributed by atoms with Crippen molar-refractivity contribution in [2.24, 2.45) is 0 Å². The minimum absolute atomic E-state index is 0.0809. The molecule has 0 spiro atoms. The van der Waals surface area contributed by atoms with Crippen LogP contribution in [0.1, 0.15) is 29.6 Å². The molecule has 0 aliphatic carbocycles. The molecule has 2 aliphatic heterocycles. The number of likely N-dealkylation sites (tertiary alicyclic amines) is 2. The van der Waals surface area contributed by atoms with E-state index in [-0.39, 0.29) is 5.91 Å². The van der Waals surface area contributed by atoms with Crippen LogP contribution in [0, 0.1) is 0 Å². The summed E-state index contributed by atoms with van der Waals surface area (Å²) in [4.78, 5) is 16.8. The van der Waals surface area contributed by atoms with E-state index in [4.69, 9.17) is 4.42 Å². The second-order valence-corrected chi connectivity index (χ2v) is 5.76. The quantitative estimate of drug-likeness (QED) is 0.841. The van der Waals surface area contributed by atoms with Crippen LogP contribution in [0.2, 0.25) is 0 Å². The van der Waals surface area contributed by atoms with E-state index in [1.54, 1.807) is 12.3 Å². The summed E-state index contributed by atoms with van der Waals surface area (Å²) < 4.78 is 5.67. The minimum Gasteiger partial charge on any atom is -0.457 e. The first-order valence-corrected chi connectivity index (χ1v) is 7.31. The second kappa shape index (κ2) is 5.05. The lowest BCUT2D eigenvalue weighted by Crippen LogP contribution is -2.37. The van der Waals surface area contributed by atoms with E-state index in [9.17, 15) is 4.79 Å². The molecule has 3 heterocycles. The molecule has 1 unspecified atom stereocenters. The zero-order chi connectivity index (χ0) is 12.5. The number of hydrogen-bond acceptors (Lipinski definition) is 3. The Morgan fingerprint density at radius 1 is 1.33 bits per heavy atom. The van der Waals surface area contributed by atoms with Gasteiger partial charge in [0.05, 0.1) is 11.8 Å². The van der Waals surface area contributed by atoms with Gasteiger partial charge in [-0.25, -0.2) is 0 Å². The van der Waals surface area contributed by atoms with Gasteiger partial charge in [0, 0.05) is 19.1 Å². The molecule has 5 heteroatoms. The third-order valence-corrected chi connectivity index (χ3v) is 4.57. The fourth-order valence-electron chi connectivity index (χ4n) is 2.95. The molecule has 0 radical (unpaired) electrons. The highest BCUT2D eigenvalue weighted by atomic mass is 79.9. The van der Waals surface area contributed by atoms with Crippen LogP contribution < -0.4 is 0 Å². The zero-order valence-electron chi connectivity index (χ0n) is 10.3. The van der Waals surface area contributed by atoms with Crippen molar-refractivity contribution in [1.82, 2.24) is 9.80 Å². The summed E-state index contributed by atoms with van der Waals surface area (Å²) in [6.07, 6.45) is 5.25. The highest BCUT2D eigenvalue weighted by Crippen LogP contribution is 2.24. The van der Waals surface area contributed by atoms with Gasteiger partial charge in [-0.05, 0) is 54.3 Å². The first-order chi connectivity index (χ1) is 8.75. The summed E-state index contributed by atoms with van der Waals surface area (Å²) in [6, 6.07) is 2.29. The van der Waals surface area contributed by atoms with E-state index >= 15 is 0 Å². The van der Waals surface area contributed by atoms with E-state index < -0.39 is 0 Å². The van der Waals surface area contributed by atoms with E-state index in [1.807, 2.05) is 4.90 Å². The molecule has 1 amide bonds. The van der Waals surface area contributed by atoms with Crippen molar-refractivity contribution < 1.29 is 9.21 Å². The maximum absolute atomic E-state index is 12.3. The summed E-state index contributed by atoms with van der Waals surface area (Å²) in [7, 11) is 0. The molecule has 3 rings (SSSR count). The number of rotatable bonds is 2. The SMILES string of the molecule is O=C(c1ccoc1Br)N1CCC(N2CCCC2)C1. The normalized spacial score (nSPS) is 24.9. The Bertz CT molecular complexity index is 440. The van der Waals surface area contributed by atoms with Crippen molar-refractivity contribution in [2.45, 2.75) is 25.3 Å². The average Bonchev–Trinajstić information content (AvgIpc) is 3.09. The molecule has 1 aromatic heterocycles. The topological polar surface area (TPSA) is 36.7 Å². The van der Waals surface area contributed by atoms with E-state index in [0.29, 0.717) is 16.3 Å². The van der Waals surface area contributed by atoms with Gasteiger partial charge in [0.25, 0.3) is 5.91 Å². The molecule has 2 saturated heterocycles. The molecule has 1 aromatic rings. The van der Waals surface area contributed by atoms with Gasteiger partial charge in [-0.2, -0.15) is 0 Å². The standard InChI is InChI=1S/C13H17BrN2O2/c14-12-11(4-8-18-12)13(17)16-7-3-10(9-16)15-5-1-2-6-15/h4,8,10H,1-3,5-7,9H2. The average molecular weight is 313 g/mol. The molecule has 2 fully saturated rings. The van der Waals surface area contributed by atoms with Crippen LogP contribution in [0.4, 0.5) is 0 Å². The summed E-state index contributed by atoms with van der Waals surface area (Å²) >= 11 is 3.27. The molecule has 98 valence electrons. The summed E-state index contributed by atoms with van der Waals surface area (Å²) in [5, 5.41) is 0. The smallest absolute Gasteiger partial charge is 0.258 e. The highest BCUT2D eigenvalue weighted by Gasteiger charge is 2.32. The van der Waals surface area contributed by atoms with Crippen LogP contribution in [0.15, 0.2) is 21.4 Å². The molecule has 0 bridgehead atoms. The predicted octanol–water partition coefficient (Wildman–Crippen LogP) is 2.35. The van der Waals surface area contributed by atoms with Gasteiger partial charge in [0.1, 0.15) is 0 Å². The minimum atomic E-state index is 0.0809. The Labute approximate surface area is 115 Å². The van der Waals surface area contributed by atoms with Crippen LogP contribution in [-0.4, -0.2) is 47.9 Å². The van der Waals surface area contributed by atoms with Crippen molar-refractivity contribution in [2.75, 3.05) is 26.2 Å². The Hall–Kier alpha value is -0.810. The summed E-state index contributed by atoms with van der Waals surface area (Å²) in [5.74, 6) is 0.0809. The van der Waals surface area contributed by atoms with Gasteiger partial charge >= 0.3 is 0 Å². The number of hydrogen-bond donors (Lipinski definition) is 0. The number of halogens is 1. The maximum Gasteiger partial charge on any atom is 0.258 e. The predicted molar refractivity (Wildman–Crippen MR) is 71.5 cm³/mol. The Morgan fingerprint density at radius 3 is 2.78 bits per heavy atom. The molecule has 2 aliphatic rings. The molecular weight excluding hydrogens is 296 g/mol. The van der Waals surface area contributed by atoms with E-state index in [1.165, 1.54) is 25.9 Å². The molecular formula is C13H17BrN2O2. The number of carbonyl (C=O) groups is 1. The van der Waals surface area contributed by atoms with Crippen LogP contribution in [0.25, 0.3) is 0 Å². The Morgan fingerprint density at radius 2 is 2.11 bits per heavy atom. The molecule has 1 atom stereocenters. The lowest BCUT2D eigenvalue weighted by Gasteiger charge is -2.23. The van der Waals surface area contributed by atoms with Crippen molar-refractivity contribution in [1.29, 1.82) is 0 Å². The molecule has 0 saturated carbocycles. The summed E-state index contributed by atoms with van der Waals surface area (Å²) in [6.45, 7) is 4.11. The first kappa shape index (κ1) is 12.2. The number of nitrogens with zero attached hydrogens (tertiary/aromatic N) is 2. The zero-order valence-corrected chi connectivity index (χ0v) is 11.9. The molecule has 0 N–H and O–H groups in total. The molecule has 0 aromatic carbocycles. The van der Waals surface area contributed by atoms with Crippen LogP contribution in [0.3, 0.4) is 0 Å². The fraction of sp³-hybridized carbons (Fsp3) is 0.615. The third-order valence-electron chi connectivity index (χ3n) is 3.96. The van der Waals surface area contributed by atoms with Crippen molar-refractivity contribution in [3.8, 4) is 0 Å². The highest BCUT2D eigenvalue weighted by molar-refractivity contribution is 9.10. The Balaban J connectivity index is 1.65. The van der Waals surface area contributed by atoms with Crippen molar-refractivity contribution >= 4 is 21.8 Å². The van der Waals surface area contributed by atoms with Crippen molar-refractivity contribution in [3.05, 3.63) is 22.6 Å². The van der Waals surface area contributed by atoms with Gasteiger partial charge in [0.2, 0.25) is 0 Å². The number of amides is 1.